The highest BCUT2D eigenvalue weighted by molar-refractivity contribution is 4.83. The van der Waals surface area contributed by atoms with E-state index >= 15 is 0 Å². The molecular weight excluding hydrogens is 186 g/mol. The number of rotatable bonds is 5. The zero-order chi connectivity index (χ0) is 11.3. The molecule has 15 heavy (non-hydrogen) atoms. The lowest BCUT2D eigenvalue weighted by Gasteiger charge is -2.35. The van der Waals surface area contributed by atoms with Gasteiger partial charge in [-0.25, -0.2) is 0 Å². The van der Waals surface area contributed by atoms with Gasteiger partial charge in [0, 0.05) is 6.04 Å². The van der Waals surface area contributed by atoms with Crippen molar-refractivity contribution in [3.05, 3.63) is 0 Å². The van der Waals surface area contributed by atoms with E-state index in [0.29, 0.717) is 6.04 Å². The first-order valence-corrected chi connectivity index (χ1v) is 6.56. The zero-order valence-corrected chi connectivity index (χ0v) is 10.5. The molecule has 2 N–H and O–H groups in total. The van der Waals surface area contributed by atoms with Crippen molar-refractivity contribution in [3.63, 3.8) is 0 Å². The molecule has 0 aromatic carbocycles. The molecule has 2 heteroatoms. The fraction of sp³-hybridized carbons (Fsp3) is 1.00. The molecule has 1 rings (SSSR count). The molecule has 0 radical (unpaired) electrons. The predicted molar refractivity (Wildman–Crippen MR) is 64.9 cm³/mol. The van der Waals surface area contributed by atoms with Crippen molar-refractivity contribution in [2.24, 2.45) is 11.8 Å². The molecule has 3 atom stereocenters. The Morgan fingerprint density at radius 1 is 1.27 bits per heavy atom. The van der Waals surface area contributed by atoms with E-state index in [1.807, 2.05) is 6.92 Å². The Morgan fingerprint density at radius 3 is 2.40 bits per heavy atom. The monoisotopic (exact) mass is 213 g/mol. The van der Waals surface area contributed by atoms with E-state index in [2.05, 4.69) is 19.2 Å². The molecule has 1 aliphatic carbocycles. The minimum Gasteiger partial charge on any atom is -0.393 e. The van der Waals surface area contributed by atoms with Gasteiger partial charge in [-0.1, -0.05) is 27.2 Å². The van der Waals surface area contributed by atoms with Crippen LogP contribution in [0.25, 0.3) is 0 Å². The van der Waals surface area contributed by atoms with E-state index in [0.717, 1.165) is 31.2 Å². The van der Waals surface area contributed by atoms with Gasteiger partial charge in [-0.3, -0.25) is 0 Å². The summed E-state index contributed by atoms with van der Waals surface area (Å²) in [6.07, 6.45) is 5.75. The summed E-state index contributed by atoms with van der Waals surface area (Å²) in [7, 11) is 0. The summed E-state index contributed by atoms with van der Waals surface area (Å²) in [5, 5.41) is 13.1. The van der Waals surface area contributed by atoms with E-state index in [1.54, 1.807) is 0 Å². The molecule has 0 heterocycles. The molecule has 0 aromatic rings. The van der Waals surface area contributed by atoms with Crippen LogP contribution < -0.4 is 5.32 Å². The fourth-order valence-corrected chi connectivity index (χ4v) is 2.70. The van der Waals surface area contributed by atoms with Crippen LogP contribution in [0.15, 0.2) is 0 Å². The van der Waals surface area contributed by atoms with Gasteiger partial charge in [0.05, 0.1) is 6.10 Å². The average Bonchev–Trinajstić information content (AvgIpc) is 2.22. The van der Waals surface area contributed by atoms with Gasteiger partial charge in [0.1, 0.15) is 0 Å². The number of hydrogen-bond donors (Lipinski definition) is 2. The van der Waals surface area contributed by atoms with Gasteiger partial charge in [-0.15, -0.1) is 0 Å². The lowest BCUT2D eigenvalue weighted by molar-refractivity contribution is 0.148. The van der Waals surface area contributed by atoms with Crippen LogP contribution in [0.4, 0.5) is 0 Å². The molecule has 1 saturated carbocycles. The standard InChI is InChI=1S/C13H27NO/c1-4-12(15)8-9-14-13-10(2)6-5-7-11(13)3/h10-15H,4-9H2,1-3H3. The summed E-state index contributed by atoms with van der Waals surface area (Å²) in [4.78, 5) is 0. The van der Waals surface area contributed by atoms with E-state index in [4.69, 9.17) is 0 Å². The van der Waals surface area contributed by atoms with Crippen molar-refractivity contribution in [2.75, 3.05) is 6.54 Å². The molecule has 2 nitrogen and oxygen atoms in total. The third-order valence-corrected chi connectivity index (χ3v) is 3.87. The van der Waals surface area contributed by atoms with E-state index < -0.39 is 0 Å². The lowest BCUT2D eigenvalue weighted by Crippen LogP contribution is -2.43. The van der Waals surface area contributed by atoms with Gasteiger partial charge < -0.3 is 10.4 Å². The quantitative estimate of drug-likeness (QED) is 0.735. The lowest BCUT2D eigenvalue weighted by atomic mass is 9.78. The Hall–Kier alpha value is -0.0800. The van der Waals surface area contributed by atoms with Crippen LogP contribution in [-0.4, -0.2) is 23.8 Å². The first kappa shape index (κ1) is 13.0. The summed E-state index contributed by atoms with van der Waals surface area (Å²) >= 11 is 0. The predicted octanol–water partition coefficient (Wildman–Crippen LogP) is 2.56. The Kier molecular flexibility index (Phi) is 5.62. The summed E-state index contributed by atoms with van der Waals surface area (Å²) in [5.74, 6) is 1.60. The maximum Gasteiger partial charge on any atom is 0.0549 e. The Morgan fingerprint density at radius 2 is 1.87 bits per heavy atom. The average molecular weight is 213 g/mol. The molecule has 3 unspecified atom stereocenters. The highest BCUT2D eigenvalue weighted by atomic mass is 16.3. The van der Waals surface area contributed by atoms with Gasteiger partial charge in [-0.2, -0.15) is 0 Å². The van der Waals surface area contributed by atoms with E-state index in [1.165, 1.54) is 19.3 Å². The van der Waals surface area contributed by atoms with Gasteiger partial charge in [-0.05, 0) is 44.1 Å². The molecule has 0 spiro atoms. The molecule has 0 aromatic heterocycles. The Balaban J connectivity index is 2.23. The molecule has 0 aliphatic heterocycles. The maximum atomic E-state index is 9.48. The van der Waals surface area contributed by atoms with Crippen LogP contribution in [0.5, 0.6) is 0 Å². The number of hydrogen-bond acceptors (Lipinski definition) is 2. The molecule has 1 fully saturated rings. The van der Waals surface area contributed by atoms with Crippen molar-refractivity contribution in [2.45, 2.75) is 65.0 Å². The second-order valence-corrected chi connectivity index (χ2v) is 5.22. The SMILES string of the molecule is CCC(O)CCNC1C(C)CCCC1C. The third-order valence-electron chi connectivity index (χ3n) is 3.87. The first-order chi connectivity index (χ1) is 7.15. The Labute approximate surface area is 94.5 Å². The van der Waals surface area contributed by atoms with Crippen LogP contribution in [0.2, 0.25) is 0 Å². The summed E-state index contributed by atoms with van der Waals surface area (Å²) in [5.41, 5.74) is 0. The topological polar surface area (TPSA) is 32.3 Å². The van der Waals surface area contributed by atoms with Gasteiger partial charge in [0.25, 0.3) is 0 Å². The molecule has 0 bridgehead atoms. The van der Waals surface area contributed by atoms with Crippen molar-refractivity contribution in [1.82, 2.24) is 5.32 Å². The zero-order valence-electron chi connectivity index (χ0n) is 10.5. The minimum absolute atomic E-state index is 0.119. The second-order valence-electron chi connectivity index (χ2n) is 5.22. The summed E-state index contributed by atoms with van der Waals surface area (Å²) in [6, 6.07) is 0.669. The van der Waals surface area contributed by atoms with Gasteiger partial charge in [0.2, 0.25) is 0 Å². The van der Waals surface area contributed by atoms with E-state index in [9.17, 15) is 5.11 Å². The third kappa shape index (κ3) is 4.12. The van der Waals surface area contributed by atoms with Crippen LogP contribution >= 0.6 is 0 Å². The van der Waals surface area contributed by atoms with Crippen molar-refractivity contribution < 1.29 is 5.11 Å². The van der Waals surface area contributed by atoms with E-state index in [-0.39, 0.29) is 6.10 Å². The van der Waals surface area contributed by atoms with Crippen molar-refractivity contribution in [3.8, 4) is 0 Å². The van der Waals surface area contributed by atoms with Crippen LogP contribution in [0, 0.1) is 11.8 Å². The van der Waals surface area contributed by atoms with Gasteiger partial charge in [0.15, 0.2) is 0 Å². The molecule has 0 amide bonds. The summed E-state index contributed by atoms with van der Waals surface area (Å²) in [6.45, 7) is 7.71. The van der Waals surface area contributed by atoms with Crippen molar-refractivity contribution in [1.29, 1.82) is 0 Å². The Bertz CT molecular complexity index is 162. The van der Waals surface area contributed by atoms with Crippen molar-refractivity contribution >= 4 is 0 Å². The van der Waals surface area contributed by atoms with Crippen LogP contribution in [-0.2, 0) is 0 Å². The van der Waals surface area contributed by atoms with Gasteiger partial charge >= 0.3 is 0 Å². The normalized spacial score (nSPS) is 34.0. The second kappa shape index (κ2) is 6.49. The molecule has 90 valence electrons. The van der Waals surface area contributed by atoms with Crippen LogP contribution in [0.1, 0.15) is 52.9 Å². The highest BCUT2D eigenvalue weighted by Gasteiger charge is 2.26. The number of nitrogens with one attached hydrogen (secondary N) is 1. The highest BCUT2D eigenvalue weighted by Crippen LogP contribution is 2.28. The minimum atomic E-state index is -0.119. The largest absolute Gasteiger partial charge is 0.393 e. The first-order valence-electron chi connectivity index (χ1n) is 6.56. The maximum absolute atomic E-state index is 9.48. The molecule has 0 saturated heterocycles. The molecule has 1 aliphatic rings. The smallest absolute Gasteiger partial charge is 0.0549 e. The fourth-order valence-electron chi connectivity index (χ4n) is 2.70. The van der Waals surface area contributed by atoms with Crippen LogP contribution in [0.3, 0.4) is 0 Å². The number of aliphatic hydroxyl groups is 1. The number of aliphatic hydroxyl groups excluding tert-OH is 1. The molecular formula is C13H27NO. The summed E-state index contributed by atoms with van der Waals surface area (Å²) < 4.78 is 0.